The van der Waals surface area contributed by atoms with Crippen LogP contribution in [0.15, 0.2) is 30.5 Å². The highest BCUT2D eigenvalue weighted by Gasteiger charge is 2.26. The molecule has 0 bridgehead atoms. The summed E-state index contributed by atoms with van der Waals surface area (Å²) in [5.41, 5.74) is 2.02. The van der Waals surface area contributed by atoms with Crippen molar-refractivity contribution in [3.8, 4) is 0 Å². The molecule has 0 aliphatic carbocycles. The number of nitrogens with zero attached hydrogens (tertiary/aromatic N) is 1. The molecule has 3 amide bonds. The van der Waals surface area contributed by atoms with E-state index in [9.17, 15) is 9.59 Å². The number of carbonyl (C=O) groups excluding carboxylic acids is 2. The number of amides is 3. The first-order valence-electron chi connectivity index (χ1n) is 9.03. The molecular weight excluding hydrogens is 332 g/mol. The average molecular weight is 358 g/mol. The average Bonchev–Trinajstić information content (AvgIpc) is 3.04. The highest BCUT2D eigenvalue weighted by atomic mass is 16.5. The van der Waals surface area contributed by atoms with E-state index in [4.69, 9.17) is 4.74 Å². The zero-order valence-corrected chi connectivity index (χ0v) is 15.2. The second-order valence-corrected chi connectivity index (χ2v) is 6.83. The molecule has 1 fully saturated rings. The molecule has 0 spiro atoms. The van der Waals surface area contributed by atoms with Crippen molar-refractivity contribution in [2.45, 2.75) is 32.4 Å². The number of benzene rings is 1. The van der Waals surface area contributed by atoms with E-state index in [-0.39, 0.29) is 18.0 Å². The van der Waals surface area contributed by atoms with Gasteiger partial charge in [0.2, 0.25) is 5.91 Å². The first-order valence-corrected chi connectivity index (χ1v) is 9.03. The molecule has 0 unspecified atom stereocenters. The van der Waals surface area contributed by atoms with Crippen molar-refractivity contribution in [1.29, 1.82) is 0 Å². The molecule has 1 aliphatic rings. The topological polar surface area (TPSA) is 86.5 Å². The fourth-order valence-corrected chi connectivity index (χ4v) is 3.12. The monoisotopic (exact) mass is 358 g/mol. The second-order valence-electron chi connectivity index (χ2n) is 6.83. The van der Waals surface area contributed by atoms with Gasteiger partial charge in [-0.1, -0.05) is 18.2 Å². The van der Waals surface area contributed by atoms with Gasteiger partial charge < -0.3 is 25.3 Å². The number of urea groups is 1. The lowest BCUT2D eigenvalue weighted by atomic mass is 10.0. The molecule has 2 aromatic rings. The van der Waals surface area contributed by atoms with Gasteiger partial charge >= 0.3 is 6.03 Å². The minimum Gasteiger partial charge on any atom is -0.378 e. The summed E-state index contributed by atoms with van der Waals surface area (Å²) in [5, 5.41) is 6.87. The summed E-state index contributed by atoms with van der Waals surface area (Å²) in [7, 11) is 0. The highest BCUT2D eigenvalue weighted by molar-refractivity contribution is 5.89. The maximum absolute atomic E-state index is 12.7. The van der Waals surface area contributed by atoms with E-state index in [1.165, 1.54) is 0 Å². The van der Waals surface area contributed by atoms with Crippen LogP contribution in [0.3, 0.4) is 0 Å². The van der Waals surface area contributed by atoms with Crippen LogP contribution in [0.2, 0.25) is 0 Å². The third-order valence-electron chi connectivity index (χ3n) is 4.44. The lowest BCUT2D eigenvalue weighted by molar-refractivity contribution is -0.123. The minimum atomic E-state index is -0.632. The summed E-state index contributed by atoms with van der Waals surface area (Å²) in [6, 6.07) is 7.09. The zero-order valence-electron chi connectivity index (χ0n) is 15.2. The quantitative estimate of drug-likeness (QED) is 0.759. The SMILES string of the molecule is CC(C)NC(=O)[C@H](Cc1c[nH]c2ccccc12)NC(=O)N1CCOCC1. The first kappa shape index (κ1) is 18.3. The van der Waals surface area contributed by atoms with Gasteiger partial charge in [0, 0.05) is 42.7 Å². The van der Waals surface area contributed by atoms with Crippen LogP contribution < -0.4 is 10.6 Å². The van der Waals surface area contributed by atoms with Gasteiger partial charge in [-0.15, -0.1) is 0 Å². The molecular formula is C19H26N4O3. The molecule has 2 heterocycles. The smallest absolute Gasteiger partial charge is 0.318 e. The fraction of sp³-hybridized carbons (Fsp3) is 0.474. The molecule has 0 radical (unpaired) electrons. The van der Waals surface area contributed by atoms with E-state index in [0.717, 1.165) is 16.5 Å². The van der Waals surface area contributed by atoms with Gasteiger partial charge in [0.25, 0.3) is 0 Å². The van der Waals surface area contributed by atoms with Gasteiger partial charge in [0.15, 0.2) is 0 Å². The standard InChI is InChI=1S/C19H26N4O3/c1-13(2)21-18(24)17(22-19(25)23-7-9-26-10-8-23)11-14-12-20-16-6-4-3-5-15(14)16/h3-6,12-13,17,20H,7-11H2,1-2H3,(H,21,24)(H,22,25)/t17-/m0/s1. The van der Waals surface area contributed by atoms with Gasteiger partial charge in [-0.05, 0) is 25.5 Å². The van der Waals surface area contributed by atoms with Crippen LogP contribution >= 0.6 is 0 Å². The maximum atomic E-state index is 12.7. The lowest BCUT2D eigenvalue weighted by Crippen LogP contribution is -2.55. The van der Waals surface area contributed by atoms with Crippen LogP contribution in [0.1, 0.15) is 19.4 Å². The number of fused-ring (bicyclic) bond motifs is 1. The van der Waals surface area contributed by atoms with E-state index < -0.39 is 6.04 Å². The van der Waals surface area contributed by atoms with E-state index in [0.29, 0.717) is 32.7 Å². The van der Waals surface area contributed by atoms with Crippen LogP contribution in [0, 0.1) is 0 Å². The summed E-state index contributed by atoms with van der Waals surface area (Å²) < 4.78 is 5.28. The third kappa shape index (κ3) is 4.35. The second kappa shape index (κ2) is 8.23. The molecule has 1 aromatic heterocycles. The van der Waals surface area contributed by atoms with Gasteiger partial charge in [0.05, 0.1) is 13.2 Å². The molecule has 0 saturated carbocycles. The van der Waals surface area contributed by atoms with Gasteiger partial charge in [-0.3, -0.25) is 4.79 Å². The number of hydrogen-bond donors (Lipinski definition) is 3. The summed E-state index contributed by atoms with van der Waals surface area (Å²) in [6.45, 7) is 5.95. The summed E-state index contributed by atoms with van der Waals surface area (Å²) in [6.07, 6.45) is 2.33. The van der Waals surface area contributed by atoms with Crippen molar-refractivity contribution < 1.29 is 14.3 Å². The molecule has 1 saturated heterocycles. The normalized spacial score (nSPS) is 15.9. The fourth-order valence-electron chi connectivity index (χ4n) is 3.12. The molecule has 1 aliphatic heterocycles. The Morgan fingerprint density at radius 2 is 1.92 bits per heavy atom. The van der Waals surface area contributed by atoms with E-state index >= 15 is 0 Å². The van der Waals surface area contributed by atoms with Crippen LogP contribution in [0.4, 0.5) is 4.79 Å². The number of para-hydroxylation sites is 1. The Morgan fingerprint density at radius 1 is 1.19 bits per heavy atom. The van der Waals surface area contributed by atoms with Crippen molar-refractivity contribution in [1.82, 2.24) is 20.5 Å². The molecule has 7 heteroatoms. The van der Waals surface area contributed by atoms with Crippen LogP contribution in [-0.2, 0) is 16.0 Å². The Labute approximate surface area is 153 Å². The Balaban J connectivity index is 1.76. The lowest BCUT2D eigenvalue weighted by Gasteiger charge is -2.29. The molecule has 7 nitrogen and oxygen atoms in total. The molecule has 3 N–H and O–H groups in total. The number of morpholine rings is 1. The summed E-state index contributed by atoms with van der Waals surface area (Å²) >= 11 is 0. The van der Waals surface area contributed by atoms with Gasteiger partial charge in [-0.25, -0.2) is 4.79 Å². The Bertz CT molecular complexity index is 765. The van der Waals surface area contributed by atoms with E-state index in [1.807, 2.05) is 44.3 Å². The van der Waals surface area contributed by atoms with Crippen molar-refractivity contribution in [2.24, 2.45) is 0 Å². The molecule has 140 valence electrons. The first-order chi connectivity index (χ1) is 12.5. The Hall–Kier alpha value is -2.54. The number of ether oxygens (including phenoxy) is 1. The summed E-state index contributed by atoms with van der Waals surface area (Å²) in [4.78, 5) is 30.1. The van der Waals surface area contributed by atoms with Crippen molar-refractivity contribution >= 4 is 22.8 Å². The Morgan fingerprint density at radius 3 is 2.65 bits per heavy atom. The number of H-pyrrole nitrogens is 1. The van der Waals surface area contributed by atoms with Crippen molar-refractivity contribution in [3.05, 3.63) is 36.0 Å². The predicted molar refractivity (Wildman–Crippen MR) is 100.0 cm³/mol. The van der Waals surface area contributed by atoms with E-state index in [2.05, 4.69) is 15.6 Å². The predicted octanol–water partition coefficient (Wildman–Crippen LogP) is 1.65. The largest absolute Gasteiger partial charge is 0.378 e. The molecule has 1 atom stereocenters. The number of rotatable bonds is 5. The number of nitrogens with one attached hydrogen (secondary N) is 3. The third-order valence-corrected chi connectivity index (χ3v) is 4.44. The van der Waals surface area contributed by atoms with Crippen molar-refractivity contribution in [2.75, 3.05) is 26.3 Å². The van der Waals surface area contributed by atoms with Crippen LogP contribution in [0.5, 0.6) is 0 Å². The number of hydrogen-bond acceptors (Lipinski definition) is 3. The number of carbonyl (C=O) groups is 2. The maximum Gasteiger partial charge on any atom is 0.318 e. The van der Waals surface area contributed by atoms with Crippen molar-refractivity contribution in [3.63, 3.8) is 0 Å². The molecule has 26 heavy (non-hydrogen) atoms. The van der Waals surface area contributed by atoms with E-state index in [1.54, 1.807) is 4.90 Å². The van der Waals surface area contributed by atoms with Gasteiger partial charge in [-0.2, -0.15) is 0 Å². The minimum absolute atomic E-state index is 0.00765. The number of aromatic nitrogens is 1. The van der Waals surface area contributed by atoms with Crippen LogP contribution in [0.25, 0.3) is 10.9 Å². The van der Waals surface area contributed by atoms with Gasteiger partial charge in [0.1, 0.15) is 6.04 Å². The molecule has 1 aromatic carbocycles. The highest BCUT2D eigenvalue weighted by Crippen LogP contribution is 2.19. The molecule has 3 rings (SSSR count). The number of aromatic amines is 1. The zero-order chi connectivity index (χ0) is 18.5. The van der Waals surface area contributed by atoms with Crippen LogP contribution in [-0.4, -0.2) is 60.2 Å². The Kier molecular flexibility index (Phi) is 5.78. The summed E-state index contributed by atoms with van der Waals surface area (Å²) in [5.74, 6) is -0.174.